The largest absolute Gasteiger partial charge is 0.497 e. The summed E-state index contributed by atoms with van der Waals surface area (Å²) in [6, 6.07) is 18.5. The molecule has 0 saturated carbocycles. The van der Waals surface area contributed by atoms with Crippen LogP contribution in [0, 0.1) is 0 Å². The highest BCUT2D eigenvalue weighted by Crippen LogP contribution is 2.36. The number of ether oxygens (including phenoxy) is 2. The van der Waals surface area contributed by atoms with Crippen molar-refractivity contribution in [3.63, 3.8) is 0 Å². The van der Waals surface area contributed by atoms with Gasteiger partial charge in [-0.15, -0.1) is 10.2 Å². The van der Waals surface area contributed by atoms with Crippen molar-refractivity contribution in [3.8, 4) is 23.0 Å². The zero-order valence-electron chi connectivity index (χ0n) is 16.4. The molecule has 1 aromatic heterocycles. The van der Waals surface area contributed by atoms with Gasteiger partial charge in [-0.25, -0.2) is 0 Å². The minimum atomic E-state index is 0.266. The van der Waals surface area contributed by atoms with Crippen LogP contribution in [0.1, 0.15) is 17.0 Å². The van der Waals surface area contributed by atoms with Crippen molar-refractivity contribution in [3.05, 3.63) is 92.7 Å². The van der Waals surface area contributed by atoms with Gasteiger partial charge < -0.3 is 13.9 Å². The molecule has 158 valence electrons. The van der Waals surface area contributed by atoms with Crippen LogP contribution < -0.4 is 9.47 Å². The van der Waals surface area contributed by atoms with E-state index >= 15 is 0 Å². The van der Waals surface area contributed by atoms with Crippen molar-refractivity contribution in [2.24, 2.45) is 0 Å². The molecule has 8 heteroatoms. The third-order valence-electron chi connectivity index (χ3n) is 4.50. The van der Waals surface area contributed by atoms with Crippen molar-refractivity contribution in [1.82, 2.24) is 10.2 Å². The van der Waals surface area contributed by atoms with Crippen LogP contribution in [0.2, 0.25) is 15.1 Å². The molecule has 0 aliphatic heterocycles. The number of halogens is 3. The van der Waals surface area contributed by atoms with Crippen LogP contribution in [0.5, 0.6) is 11.5 Å². The van der Waals surface area contributed by atoms with E-state index < -0.39 is 0 Å². The van der Waals surface area contributed by atoms with Gasteiger partial charge in [0.2, 0.25) is 11.8 Å². The van der Waals surface area contributed by atoms with Gasteiger partial charge in [0, 0.05) is 10.6 Å². The minimum Gasteiger partial charge on any atom is -0.497 e. The molecular weight excluding hydrogens is 459 g/mol. The van der Waals surface area contributed by atoms with E-state index in [1.165, 1.54) is 0 Å². The predicted molar refractivity (Wildman–Crippen MR) is 121 cm³/mol. The Kier molecular flexibility index (Phi) is 6.66. The predicted octanol–water partition coefficient (Wildman–Crippen LogP) is 6.88. The van der Waals surface area contributed by atoms with E-state index in [4.69, 9.17) is 48.7 Å². The number of nitrogens with zero attached hydrogens (tertiary/aromatic N) is 2. The summed E-state index contributed by atoms with van der Waals surface area (Å²) in [4.78, 5) is 0. The molecular formula is C23H17Cl3N2O3. The summed E-state index contributed by atoms with van der Waals surface area (Å²) in [6.07, 6.45) is 0.535. The first-order valence-corrected chi connectivity index (χ1v) is 10.5. The van der Waals surface area contributed by atoms with Gasteiger partial charge in [-0.3, -0.25) is 0 Å². The summed E-state index contributed by atoms with van der Waals surface area (Å²) in [6.45, 7) is 0.266. The maximum Gasteiger partial charge on any atom is 0.247 e. The van der Waals surface area contributed by atoms with Crippen molar-refractivity contribution >= 4 is 34.8 Å². The molecule has 5 nitrogen and oxygen atoms in total. The first-order valence-electron chi connectivity index (χ1n) is 9.34. The zero-order chi connectivity index (χ0) is 21.8. The first kappa shape index (κ1) is 21.5. The van der Waals surface area contributed by atoms with Gasteiger partial charge in [-0.1, -0.05) is 59.1 Å². The second-order valence-corrected chi connectivity index (χ2v) is 7.96. The van der Waals surface area contributed by atoms with Gasteiger partial charge in [0.1, 0.15) is 12.4 Å². The molecule has 0 spiro atoms. The van der Waals surface area contributed by atoms with Gasteiger partial charge in [0.25, 0.3) is 0 Å². The molecule has 0 saturated heterocycles. The number of hydrogen-bond acceptors (Lipinski definition) is 5. The first-order chi connectivity index (χ1) is 15.0. The normalized spacial score (nSPS) is 10.8. The van der Waals surface area contributed by atoms with E-state index in [1.54, 1.807) is 19.2 Å². The van der Waals surface area contributed by atoms with E-state index in [9.17, 15) is 0 Å². The molecule has 0 amide bonds. The Labute approximate surface area is 194 Å². The third kappa shape index (κ3) is 5.31. The van der Waals surface area contributed by atoms with Crippen molar-refractivity contribution < 1.29 is 13.9 Å². The fraction of sp³-hybridized carbons (Fsp3) is 0.130. The van der Waals surface area contributed by atoms with E-state index in [2.05, 4.69) is 10.2 Å². The second kappa shape index (κ2) is 9.60. The maximum atomic E-state index is 6.18. The molecule has 31 heavy (non-hydrogen) atoms. The number of rotatable bonds is 7. The van der Waals surface area contributed by atoms with Gasteiger partial charge in [0.05, 0.1) is 23.6 Å². The summed E-state index contributed by atoms with van der Waals surface area (Å²) in [5, 5.41) is 9.49. The fourth-order valence-electron chi connectivity index (χ4n) is 2.98. The highest BCUT2D eigenvalue weighted by molar-refractivity contribution is 6.40. The van der Waals surface area contributed by atoms with Crippen LogP contribution in [0.25, 0.3) is 11.5 Å². The second-order valence-electron chi connectivity index (χ2n) is 6.71. The standard InChI is InChI=1S/C23H17Cl3N2O3/c1-29-18-7-5-14(6-8-18)10-21-27-28-23(31-21)16-4-2-3-15(9-16)13-30-22-19(25)11-17(24)12-20(22)26/h2-9,11-12H,10,13H2,1H3. The Bertz CT molecular complexity index is 1170. The number of hydrogen-bond donors (Lipinski definition) is 0. The summed E-state index contributed by atoms with van der Waals surface area (Å²) in [5.74, 6) is 2.15. The number of aromatic nitrogens is 2. The summed E-state index contributed by atoms with van der Waals surface area (Å²) in [7, 11) is 1.64. The third-order valence-corrected chi connectivity index (χ3v) is 5.28. The quantitative estimate of drug-likeness (QED) is 0.292. The fourth-order valence-corrected chi connectivity index (χ4v) is 3.90. The van der Waals surface area contributed by atoms with E-state index in [0.717, 1.165) is 22.4 Å². The van der Waals surface area contributed by atoms with Crippen LogP contribution in [-0.2, 0) is 13.0 Å². The highest BCUT2D eigenvalue weighted by atomic mass is 35.5. The van der Waals surface area contributed by atoms with Gasteiger partial charge in [-0.2, -0.15) is 0 Å². The number of benzene rings is 3. The Balaban J connectivity index is 1.46. The summed E-state index contributed by atoms with van der Waals surface area (Å²) in [5.41, 5.74) is 2.74. The molecule has 0 unspecified atom stereocenters. The smallest absolute Gasteiger partial charge is 0.247 e. The van der Waals surface area contributed by atoms with Gasteiger partial charge in [0.15, 0.2) is 5.75 Å². The van der Waals surface area contributed by atoms with Crippen LogP contribution in [0.3, 0.4) is 0 Å². The average Bonchev–Trinajstić information content (AvgIpc) is 3.22. The zero-order valence-corrected chi connectivity index (χ0v) is 18.7. The molecule has 0 N–H and O–H groups in total. The summed E-state index contributed by atoms with van der Waals surface area (Å²) < 4.78 is 16.8. The Morgan fingerprint density at radius 1 is 0.871 bits per heavy atom. The molecule has 1 heterocycles. The lowest BCUT2D eigenvalue weighted by Gasteiger charge is -2.11. The van der Waals surface area contributed by atoms with Crippen molar-refractivity contribution in [1.29, 1.82) is 0 Å². The Morgan fingerprint density at radius 3 is 2.32 bits per heavy atom. The van der Waals surface area contributed by atoms with E-state index in [0.29, 0.717) is 39.0 Å². The molecule has 4 rings (SSSR count). The molecule has 3 aromatic carbocycles. The SMILES string of the molecule is COc1ccc(Cc2nnc(-c3cccc(COc4c(Cl)cc(Cl)cc4Cl)c3)o2)cc1. The van der Waals surface area contributed by atoms with Crippen LogP contribution >= 0.6 is 34.8 Å². The lowest BCUT2D eigenvalue weighted by Crippen LogP contribution is -1.97. The molecule has 0 aliphatic carbocycles. The lowest BCUT2D eigenvalue weighted by atomic mass is 10.1. The van der Waals surface area contributed by atoms with E-state index in [-0.39, 0.29) is 6.61 Å². The number of methoxy groups -OCH3 is 1. The summed E-state index contributed by atoms with van der Waals surface area (Å²) >= 11 is 18.3. The molecule has 0 atom stereocenters. The van der Waals surface area contributed by atoms with Gasteiger partial charge >= 0.3 is 0 Å². The Hall–Kier alpha value is -2.73. The molecule has 0 bridgehead atoms. The molecule has 4 aromatic rings. The monoisotopic (exact) mass is 474 g/mol. The van der Waals surface area contributed by atoms with Crippen LogP contribution in [0.15, 0.2) is 65.1 Å². The van der Waals surface area contributed by atoms with Crippen molar-refractivity contribution in [2.75, 3.05) is 7.11 Å². The minimum absolute atomic E-state index is 0.266. The van der Waals surface area contributed by atoms with Crippen molar-refractivity contribution in [2.45, 2.75) is 13.0 Å². The average molecular weight is 476 g/mol. The van der Waals surface area contributed by atoms with Gasteiger partial charge in [-0.05, 0) is 47.5 Å². The Morgan fingerprint density at radius 2 is 1.61 bits per heavy atom. The molecule has 0 aliphatic rings. The topological polar surface area (TPSA) is 57.4 Å². The van der Waals surface area contributed by atoms with E-state index in [1.807, 2.05) is 48.5 Å². The molecule has 0 radical (unpaired) electrons. The molecule has 0 fully saturated rings. The highest BCUT2D eigenvalue weighted by Gasteiger charge is 2.12. The van der Waals surface area contributed by atoms with Crippen LogP contribution in [0.4, 0.5) is 0 Å². The maximum absolute atomic E-state index is 6.18. The van der Waals surface area contributed by atoms with Crippen LogP contribution in [-0.4, -0.2) is 17.3 Å². The lowest BCUT2D eigenvalue weighted by molar-refractivity contribution is 0.306.